The molecule has 64 valence electrons. The van der Waals surface area contributed by atoms with Gasteiger partial charge in [-0.15, -0.1) is 11.3 Å². The van der Waals surface area contributed by atoms with Crippen molar-refractivity contribution < 1.29 is 9.53 Å². The predicted octanol–water partition coefficient (Wildman–Crippen LogP) is 1.72. The largest absolute Gasteiger partial charge is 0.463 e. The van der Waals surface area contributed by atoms with Gasteiger partial charge in [0.15, 0.2) is 0 Å². The molecular formula is C8H9NO2S. The standard InChI is InChI=1S/C8H9NO2S/c1-2-11-8(10)4-3-7-5-9-6-12-7/h3-6H,2H2,1H3. The normalized spacial score (nSPS) is 10.4. The van der Waals surface area contributed by atoms with Crippen LogP contribution in [0, 0.1) is 0 Å². The fourth-order valence-corrected chi connectivity index (χ4v) is 1.16. The van der Waals surface area contributed by atoms with E-state index in [0.717, 1.165) is 4.88 Å². The van der Waals surface area contributed by atoms with Gasteiger partial charge in [0.2, 0.25) is 0 Å². The molecule has 0 saturated carbocycles. The number of thiazole rings is 1. The molecule has 12 heavy (non-hydrogen) atoms. The van der Waals surface area contributed by atoms with Crippen LogP contribution in [0.4, 0.5) is 0 Å². The monoisotopic (exact) mass is 183 g/mol. The summed E-state index contributed by atoms with van der Waals surface area (Å²) in [6.07, 6.45) is 4.78. The first-order chi connectivity index (χ1) is 5.83. The number of aromatic nitrogens is 1. The lowest BCUT2D eigenvalue weighted by Gasteiger charge is -1.92. The first kappa shape index (κ1) is 8.93. The molecule has 4 heteroatoms. The van der Waals surface area contributed by atoms with E-state index in [4.69, 9.17) is 4.74 Å². The third-order valence-corrected chi connectivity index (χ3v) is 1.86. The molecule has 1 heterocycles. The lowest BCUT2D eigenvalue weighted by molar-refractivity contribution is -0.137. The van der Waals surface area contributed by atoms with E-state index < -0.39 is 0 Å². The molecule has 0 radical (unpaired) electrons. The Bertz CT molecular complexity index is 267. The molecule has 1 rings (SSSR count). The molecule has 0 aliphatic heterocycles. The van der Waals surface area contributed by atoms with Crippen molar-refractivity contribution in [1.82, 2.24) is 4.98 Å². The van der Waals surface area contributed by atoms with E-state index in [2.05, 4.69) is 4.98 Å². The van der Waals surface area contributed by atoms with Crippen LogP contribution in [0.1, 0.15) is 11.8 Å². The van der Waals surface area contributed by atoms with E-state index in [0.29, 0.717) is 6.61 Å². The number of rotatable bonds is 3. The fourth-order valence-electron chi connectivity index (χ4n) is 0.648. The molecule has 1 aromatic rings. The summed E-state index contributed by atoms with van der Waals surface area (Å²) in [6.45, 7) is 2.18. The van der Waals surface area contributed by atoms with Crippen molar-refractivity contribution in [3.05, 3.63) is 22.7 Å². The van der Waals surface area contributed by atoms with Crippen molar-refractivity contribution in [3.8, 4) is 0 Å². The number of nitrogens with zero attached hydrogens (tertiary/aromatic N) is 1. The Morgan fingerprint density at radius 2 is 2.67 bits per heavy atom. The minimum atomic E-state index is -0.314. The number of hydrogen-bond donors (Lipinski definition) is 0. The highest BCUT2D eigenvalue weighted by Gasteiger charge is 1.93. The zero-order chi connectivity index (χ0) is 8.81. The Kier molecular flexibility index (Phi) is 3.47. The van der Waals surface area contributed by atoms with Crippen LogP contribution in [0.3, 0.4) is 0 Å². The number of carbonyl (C=O) groups excluding carboxylic acids is 1. The summed E-state index contributed by atoms with van der Waals surface area (Å²) in [4.78, 5) is 15.6. The second kappa shape index (κ2) is 4.66. The van der Waals surface area contributed by atoms with Crippen LogP contribution in [0.2, 0.25) is 0 Å². The van der Waals surface area contributed by atoms with Gasteiger partial charge in [0.05, 0.1) is 12.1 Å². The summed E-state index contributed by atoms with van der Waals surface area (Å²) < 4.78 is 4.70. The summed E-state index contributed by atoms with van der Waals surface area (Å²) in [6, 6.07) is 0. The van der Waals surface area contributed by atoms with Crippen LogP contribution in [-0.2, 0) is 9.53 Å². The van der Waals surface area contributed by atoms with Gasteiger partial charge in [-0.05, 0) is 13.0 Å². The van der Waals surface area contributed by atoms with Crippen molar-refractivity contribution in [2.75, 3.05) is 6.61 Å². The molecule has 0 bridgehead atoms. The minimum absolute atomic E-state index is 0.314. The molecule has 0 unspecified atom stereocenters. The lowest BCUT2D eigenvalue weighted by Crippen LogP contribution is -1.98. The molecule has 0 fully saturated rings. The quantitative estimate of drug-likeness (QED) is 0.529. The molecular weight excluding hydrogens is 174 g/mol. The maximum Gasteiger partial charge on any atom is 0.330 e. The Morgan fingerprint density at radius 3 is 3.25 bits per heavy atom. The smallest absolute Gasteiger partial charge is 0.330 e. The molecule has 0 spiro atoms. The first-order valence-electron chi connectivity index (χ1n) is 3.56. The summed E-state index contributed by atoms with van der Waals surface area (Å²) in [7, 11) is 0. The van der Waals surface area contributed by atoms with Gasteiger partial charge < -0.3 is 4.74 Å². The van der Waals surface area contributed by atoms with Crippen LogP contribution in [0.15, 0.2) is 17.8 Å². The van der Waals surface area contributed by atoms with Gasteiger partial charge in [-0.2, -0.15) is 0 Å². The zero-order valence-corrected chi connectivity index (χ0v) is 7.50. The molecule has 0 amide bonds. The van der Waals surface area contributed by atoms with E-state index in [-0.39, 0.29) is 5.97 Å². The van der Waals surface area contributed by atoms with Gasteiger partial charge in [-0.3, -0.25) is 4.98 Å². The molecule has 0 aliphatic carbocycles. The maximum absolute atomic E-state index is 10.8. The number of ether oxygens (including phenoxy) is 1. The second-order valence-corrected chi connectivity index (χ2v) is 2.91. The van der Waals surface area contributed by atoms with Gasteiger partial charge in [0, 0.05) is 17.2 Å². The van der Waals surface area contributed by atoms with Gasteiger partial charge in [0.25, 0.3) is 0 Å². The topological polar surface area (TPSA) is 39.2 Å². The Labute approximate surface area is 74.7 Å². The van der Waals surface area contributed by atoms with Crippen molar-refractivity contribution in [3.63, 3.8) is 0 Å². The Hall–Kier alpha value is -1.16. The Balaban J connectivity index is 2.45. The number of hydrogen-bond acceptors (Lipinski definition) is 4. The van der Waals surface area contributed by atoms with Gasteiger partial charge >= 0.3 is 5.97 Å². The SMILES string of the molecule is CCOC(=O)C=Cc1cncs1. The van der Waals surface area contributed by atoms with Crippen molar-refractivity contribution in [1.29, 1.82) is 0 Å². The highest BCUT2D eigenvalue weighted by atomic mass is 32.1. The molecule has 0 aliphatic rings. The zero-order valence-electron chi connectivity index (χ0n) is 6.69. The average molecular weight is 183 g/mol. The highest BCUT2D eigenvalue weighted by molar-refractivity contribution is 7.10. The summed E-state index contributed by atoms with van der Waals surface area (Å²) in [5.41, 5.74) is 1.71. The predicted molar refractivity (Wildman–Crippen MR) is 47.8 cm³/mol. The van der Waals surface area contributed by atoms with Crippen LogP contribution in [0.5, 0.6) is 0 Å². The van der Waals surface area contributed by atoms with Crippen LogP contribution in [0.25, 0.3) is 6.08 Å². The fraction of sp³-hybridized carbons (Fsp3) is 0.250. The summed E-state index contributed by atoms with van der Waals surface area (Å²) in [5, 5.41) is 0. The first-order valence-corrected chi connectivity index (χ1v) is 4.44. The van der Waals surface area contributed by atoms with Crippen LogP contribution >= 0.6 is 11.3 Å². The van der Waals surface area contributed by atoms with E-state index >= 15 is 0 Å². The van der Waals surface area contributed by atoms with Crippen LogP contribution in [-0.4, -0.2) is 17.6 Å². The van der Waals surface area contributed by atoms with Crippen molar-refractivity contribution in [2.45, 2.75) is 6.92 Å². The molecule has 1 aromatic heterocycles. The number of esters is 1. The van der Waals surface area contributed by atoms with E-state index in [1.165, 1.54) is 17.4 Å². The molecule has 0 aromatic carbocycles. The third-order valence-electron chi connectivity index (χ3n) is 1.12. The highest BCUT2D eigenvalue weighted by Crippen LogP contribution is 2.07. The van der Waals surface area contributed by atoms with Gasteiger partial charge in [0.1, 0.15) is 0 Å². The average Bonchev–Trinajstić information content (AvgIpc) is 2.53. The third kappa shape index (κ3) is 2.84. The van der Waals surface area contributed by atoms with E-state index in [1.807, 2.05) is 0 Å². The van der Waals surface area contributed by atoms with Gasteiger partial charge in [-0.25, -0.2) is 4.79 Å². The van der Waals surface area contributed by atoms with Gasteiger partial charge in [-0.1, -0.05) is 0 Å². The molecule has 0 saturated heterocycles. The summed E-state index contributed by atoms with van der Waals surface area (Å²) >= 11 is 1.48. The molecule has 3 nitrogen and oxygen atoms in total. The van der Waals surface area contributed by atoms with E-state index in [1.54, 1.807) is 24.7 Å². The minimum Gasteiger partial charge on any atom is -0.463 e. The van der Waals surface area contributed by atoms with Crippen molar-refractivity contribution >= 4 is 23.4 Å². The second-order valence-electron chi connectivity index (χ2n) is 1.99. The Morgan fingerprint density at radius 1 is 1.83 bits per heavy atom. The summed E-state index contributed by atoms with van der Waals surface area (Å²) in [5.74, 6) is -0.314. The molecule has 0 N–H and O–H groups in total. The maximum atomic E-state index is 10.8. The molecule has 0 atom stereocenters. The lowest BCUT2D eigenvalue weighted by atomic mass is 10.4. The van der Waals surface area contributed by atoms with E-state index in [9.17, 15) is 4.79 Å². The van der Waals surface area contributed by atoms with Crippen molar-refractivity contribution in [2.24, 2.45) is 0 Å². The van der Waals surface area contributed by atoms with Crippen LogP contribution < -0.4 is 0 Å². The number of carbonyl (C=O) groups is 1.